The molecule has 2 aromatic heterocycles. The molecular weight excluding hydrogens is 304 g/mol. The van der Waals surface area contributed by atoms with Gasteiger partial charge >= 0.3 is 0 Å². The van der Waals surface area contributed by atoms with E-state index < -0.39 is 0 Å². The van der Waals surface area contributed by atoms with Gasteiger partial charge in [0.2, 0.25) is 0 Å². The molecular formula is C17H28N6O. The lowest BCUT2D eigenvalue weighted by molar-refractivity contribution is 0.129. The van der Waals surface area contributed by atoms with Crippen LogP contribution in [-0.2, 0) is 11.3 Å². The van der Waals surface area contributed by atoms with Crippen molar-refractivity contribution in [2.75, 3.05) is 26.3 Å². The summed E-state index contributed by atoms with van der Waals surface area (Å²) in [6.07, 6.45) is 5.22. The molecule has 0 aliphatic rings. The van der Waals surface area contributed by atoms with Gasteiger partial charge in [-0.25, -0.2) is 4.99 Å². The number of pyridine rings is 1. The van der Waals surface area contributed by atoms with Gasteiger partial charge in [-0.1, -0.05) is 19.4 Å². The minimum Gasteiger partial charge on any atom is -0.381 e. The molecule has 2 aromatic rings. The second kappa shape index (κ2) is 10.6. The number of nitrogens with zero attached hydrogens (tertiary/aromatic N) is 4. The van der Waals surface area contributed by atoms with Gasteiger partial charge in [0.25, 0.3) is 0 Å². The lowest BCUT2D eigenvalue weighted by atomic mass is 10.4. The average Bonchev–Trinajstić information content (AvgIpc) is 3.02. The molecule has 0 aromatic carbocycles. The first-order valence-corrected chi connectivity index (χ1v) is 8.73. The van der Waals surface area contributed by atoms with E-state index in [0.29, 0.717) is 6.54 Å². The van der Waals surface area contributed by atoms with Gasteiger partial charge in [-0.3, -0.25) is 4.40 Å². The highest BCUT2D eigenvalue weighted by atomic mass is 16.5. The number of guanidine groups is 1. The SMILES string of the molecule is CCCCOCCCNC(=NCc1nnc2ccccn12)NCC. The maximum Gasteiger partial charge on any atom is 0.191 e. The Labute approximate surface area is 143 Å². The molecule has 0 radical (unpaired) electrons. The predicted molar refractivity (Wildman–Crippen MR) is 96.1 cm³/mol. The zero-order valence-corrected chi connectivity index (χ0v) is 14.7. The van der Waals surface area contributed by atoms with Crippen LogP contribution < -0.4 is 10.6 Å². The Bertz CT molecular complexity index is 624. The Morgan fingerprint density at radius 1 is 1.17 bits per heavy atom. The first-order valence-electron chi connectivity index (χ1n) is 8.73. The van der Waals surface area contributed by atoms with Gasteiger partial charge in [0.15, 0.2) is 17.4 Å². The van der Waals surface area contributed by atoms with Crippen LogP contribution in [-0.4, -0.2) is 46.9 Å². The molecule has 0 saturated heterocycles. The van der Waals surface area contributed by atoms with Gasteiger partial charge in [-0.15, -0.1) is 10.2 Å². The molecule has 0 fully saturated rings. The van der Waals surface area contributed by atoms with E-state index in [-0.39, 0.29) is 0 Å². The molecule has 24 heavy (non-hydrogen) atoms. The van der Waals surface area contributed by atoms with E-state index in [4.69, 9.17) is 4.74 Å². The summed E-state index contributed by atoms with van der Waals surface area (Å²) in [4.78, 5) is 4.58. The Balaban J connectivity index is 1.80. The topological polar surface area (TPSA) is 75.8 Å². The highest BCUT2D eigenvalue weighted by Crippen LogP contribution is 2.03. The Morgan fingerprint density at radius 2 is 2.04 bits per heavy atom. The van der Waals surface area contributed by atoms with Crippen LogP contribution >= 0.6 is 0 Å². The highest BCUT2D eigenvalue weighted by Gasteiger charge is 2.04. The van der Waals surface area contributed by atoms with Crippen LogP contribution in [0.5, 0.6) is 0 Å². The van der Waals surface area contributed by atoms with Crippen LogP contribution in [0.4, 0.5) is 0 Å². The van der Waals surface area contributed by atoms with E-state index >= 15 is 0 Å². The largest absolute Gasteiger partial charge is 0.381 e. The third-order valence-corrected chi connectivity index (χ3v) is 3.51. The van der Waals surface area contributed by atoms with E-state index in [0.717, 1.165) is 56.6 Å². The highest BCUT2D eigenvalue weighted by molar-refractivity contribution is 5.79. The molecule has 0 spiro atoms. The lowest BCUT2D eigenvalue weighted by Gasteiger charge is -2.11. The summed E-state index contributed by atoms with van der Waals surface area (Å²) >= 11 is 0. The van der Waals surface area contributed by atoms with Crippen molar-refractivity contribution in [2.45, 2.75) is 39.7 Å². The third-order valence-electron chi connectivity index (χ3n) is 3.51. The number of fused-ring (bicyclic) bond motifs is 1. The molecule has 0 aliphatic carbocycles. The summed E-state index contributed by atoms with van der Waals surface area (Å²) in [6.45, 7) is 7.98. The lowest BCUT2D eigenvalue weighted by Crippen LogP contribution is -2.38. The first kappa shape index (κ1) is 18.2. The predicted octanol–water partition coefficient (Wildman–Crippen LogP) is 1.99. The first-order chi connectivity index (χ1) is 11.8. The van der Waals surface area contributed by atoms with Crippen molar-refractivity contribution < 1.29 is 4.74 Å². The third kappa shape index (κ3) is 5.81. The van der Waals surface area contributed by atoms with E-state index in [2.05, 4.69) is 39.7 Å². The van der Waals surface area contributed by atoms with Crippen molar-refractivity contribution in [3.8, 4) is 0 Å². The number of hydrogen-bond donors (Lipinski definition) is 2. The minimum atomic E-state index is 0.480. The quantitative estimate of drug-likeness (QED) is 0.395. The van der Waals surface area contributed by atoms with Crippen LogP contribution in [0, 0.1) is 0 Å². The van der Waals surface area contributed by atoms with Gasteiger partial charge in [-0.05, 0) is 31.9 Å². The molecule has 7 heteroatoms. The fourth-order valence-electron chi connectivity index (χ4n) is 2.22. The number of aromatic nitrogens is 3. The van der Waals surface area contributed by atoms with E-state index in [1.807, 2.05) is 28.8 Å². The molecule has 0 atom stereocenters. The van der Waals surface area contributed by atoms with Gasteiger partial charge in [0, 0.05) is 32.5 Å². The van der Waals surface area contributed by atoms with E-state index in [9.17, 15) is 0 Å². The van der Waals surface area contributed by atoms with Crippen LogP contribution in [0.25, 0.3) is 5.65 Å². The average molecular weight is 332 g/mol. The summed E-state index contributed by atoms with van der Waals surface area (Å²) < 4.78 is 7.51. The second-order valence-electron chi connectivity index (χ2n) is 5.49. The summed E-state index contributed by atoms with van der Waals surface area (Å²) in [6, 6.07) is 5.85. The number of rotatable bonds is 10. The number of hydrogen-bond acceptors (Lipinski definition) is 4. The van der Waals surface area contributed by atoms with E-state index in [1.165, 1.54) is 6.42 Å². The Kier molecular flexibility index (Phi) is 8.03. The summed E-state index contributed by atoms with van der Waals surface area (Å²) in [7, 11) is 0. The minimum absolute atomic E-state index is 0.480. The zero-order valence-electron chi connectivity index (χ0n) is 14.7. The molecule has 7 nitrogen and oxygen atoms in total. The second-order valence-corrected chi connectivity index (χ2v) is 5.49. The molecule has 0 aliphatic heterocycles. The van der Waals surface area contributed by atoms with Gasteiger partial charge in [0.1, 0.15) is 6.54 Å². The number of nitrogens with one attached hydrogen (secondary N) is 2. The summed E-state index contributed by atoms with van der Waals surface area (Å²) in [5, 5.41) is 14.9. The zero-order chi connectivity index (χ0) is 17.0. The number of ether oxygens (including phenoxy) is 1. The van der Waals surface area contributed by atoms with Crippen LogP contribution in [0.2, 0.25) is 0 Å². The summed E-state index contributed by atoms with van der Waals surface area (Å²) in [5.41, 5.74) is 0.838. The molecule has 0 saturated carbocycles. The van der Waals surface area contributed by atoms with Crippen molar-refractivity contribution in [3.05, 3.63) is 30.2 Å². The Hall–Kier alpha value is -2.15. The maximum atomic E-state index is 5.56. The van der Waals surface area contributed by atoms with Crippen LogP contribution in [0.1, 0.15) is 38.9 Å². The maximum absolute atomic E-state index is 5.56. The molecule has 0 unspecified atom stereocenters. The molecule has 0 amide bonds. The Morgan fingerprint density at radius 3 is 2.88 bits per heavy atom. The number of unbranched alkanes of at least 4 members (excludes halogenated alkanes) is 1. The van der Waals surface area contributed by atoms with Crippen LogP contribution in [0.3, 0.4) is 0 Å². The van der Waals surface area contributed by atoms with Crippen molar-refractivity contribution in [1.29, 1.82) is 0 Å². The fraction of sp³-hybridized carbons (Fsp3) is 0.588. The van der Waals surface area contributed by atoms with Gasteiger partial charge in [-0.2, -0.15) is 0 Å². The normalized spacial score (nSPS) is 11.8. The van der Waals surface area contributed by atoms with Crippen LogP contribution in [0.15, 0.2) is 29.4 Å². The molecule has 2 heterocycles. The van der Waals surface area contributed by atoms with Crippen molar-refractivity contribution in [2.24, 2.45) is 4.99 Å². The van der Waals surface area contributed by atoms with E-state index in [1.54, 1.807) is 0 Å². The van der Waals surface area contributed by atoms with Crippen molar-refractivity contribution in [3.63, 3.8) is 0 Å². The van der Waals surface area contributed by atoms with Crippen molar-refractivity contribution in [1.82, 2.24) is 25.2 Å². The fourth-order valence-corrected chi connectivity index (χ4v) is 2.22. The standard InChI is InChI=1S/C17H28N6O/c1-3-5-12-24-13-8-10-19-17(18-4-2)20-14-16-22-21-15-9-6-7-11-23(15)16/h6-7,9,11H,3-5,8,10,12-14H2,1-2H3,(H2,18,19,20). The molecule has 0 bridgehead atoms. The van der Waals surface area contributed by atoms with Crippen molar-refractivity contribution >= 4 is 11.6 Å². The summed E-state index contributed by atoms with van der Waals surface area (Å²) in [5.74, 6) is 1.62. The molecule has 132 valence electrons. The smallest absolute Gasteiger partial charge is 0.191 e. The van der Waals surface area contributed by atoms with Gasteiger partial charge in [0.05, 0.1) is 0 Å². The number of aliphatic imine (C=N–C) groups is 1. The molecule has 2 N–H and O–H groups in total. The molecule has 2 rings (SSSR count). The monoisotopic (exact) mass is 332 g/mol. The van der Waals surface area contributed by atoms with Gasteiger partial charge < -0.3 is 15.4 Å².